The summed E-state index contributed by atoms with van der Waals surface area (Å²) in [4.78, 5) is -0.0109. The van der Waals surface area contributed by atoms with Gasteiger partial charge in [-0.1, -0.05) is 0 Å². The van der Waals surface area contributed by atoms with Crippen LogP contribution in [0.1, 0.15) is 0 Å². The fourth-order valence-corrected chi connectivity index (χ4v) is 6.12. The summed E-state index contributed by atoms with van der Waals surface area (Å²) in [5.74, 6) is -0.363. The van der Waals surface area contributed by atoms with Crippen molar-refractivity contribution in [3.63, 3.8) is 0 Å². The van der Waals surface area contributed by atoms with Gasteiger partial charge in [-0.3, -0.25) is 0 Å². The number of aliphatic hydroxyl groups excluding tert-OH is 1. The predicted octanol–water partition coefficient (Wildman–Crippen LogP) is -1.20. The first-order chi connectivity index (χ1) is 10.7. The SMILES string of the molecule is COc1ccc(S(=O)(=O)N(CCN)[C@@H]2CS(=O)(=O)C[C@H]2O)cc1. The van der Waals surface area contributed by atoms with Crippen LogP contribution in [0.15, 0.2) is 29.2 Å². The van der Waals surface area contributed by atoms with Gasteiger partial charge in [0.1, 0.15) is 5.75 Å². The van der Waals surface area contributed by atoms with E-state index in [1.165, 1.54) is 31.4 Å². The molecule has 0 saturated carbocycles. The van der Waals surface area contributed by atoms with E-state index in [-0.39, 0.29) is 18.0 Å². The summed E-state index contributed by atoms with van der Waals surface area (Å²) in [5.41, 5.74) is 5.47. The Morgan fingerprint density at radius 1 is 1.30 bits per heavy atom. The van der Waals surface area contributed by atoms with Crippen molar-refractivity contribution in [3.05, 3.63) is 24.3 Å². The van der Waals surface area contributed by atoms with Crippen LogP contribution in [-0.2, 0) is 19.9 Å². The van der Waals surface area contributed by atoms with Gasteiger partial charge in [0.05, 0.1) is 35.7 Å². The Kier molecular flexibility index (Phi) is 5.31. The summed E-state index contributed by atoms with van der Waals surface area (Å²) in [6.45, 7) is -0.0652. The number of hydrogen-bond donors (Lipinski definition) is 2. The van der Waals surface area contributed by atoms with Gasteiger partial charge in [0.25, 0.3) is 0 Å². The van der Waals surface area contributed by atoms with Gasteiger partial charge in [0, 0.05) is 13.1 Å². The van der Waals surface area contributed by atoms with E-state index in [4.69, 9.17) is 10.5 Å². The van der Waals surface area contributed by atoms with Crippen LogP contribution in [0.4, 0.5) is 0 Å². The lowest BCUT2D eigenvalue weighted by molar-refractivity contribution is 0.129. The molecule has 1 saturated heterocycles. The topological polar surface area (TPSA) is 127 Å². The van der Waals surface area contributed by atoms with E-state index in [1.54, 1.807) is 0 Å². The molecular formula is C13H20N2O6S2. The van der Waals surface area contributed by atoms with Crippen LogP contribution >= 0.6 is 0 Å². The lowest BCUT2D eigenvalue weighted by Crippen LogP contribution is -2.48. The molecule has 0 bridgehead atoms. The lowest BCUT2D eigenvalue weighted by atomic mass is 10.2. The Bertz CT molecular complexity index is 745. The van der Waals surface area contributed by atoms with Crippen molar-refractivity contribution in [2.75, 3.05) is 31.7 Å². The zero-order valence-corrected chi connectivity index (χ0v) is 14.3. The highest BCUT2D eigenvalue weighted by atomic mass is 32.2. The minimum absolute atomic E-state index is 0.0109. The first-order valence-corrected chi connectivity index (χ1v) is 10.2. The number of methoxy groups -OCH3 is 1. The van der Waals surface area contributed by atoms with Gasteiger partial charge in [-0.25, -0.2) is 16.8 Å². The van der Waals surface area contributed by atoms with Crippen LogP contribution in [0, 0.1) is 0 Å². The van der Waals surface area contributed by atoms with E-state index in [2.05, 4.69) is 0 Å². The molecule has 0 radical (unpaired) electrons. The first kappa shape index (κ1) is 18.1. The molecule has 0 spiro atoms. The third-order valence-electron chi connectivity index (χ3n) is 3.68. The zero-order valence-electron chi connectivity index (χ0n) is 12.6. The molecule has 130 valence electrons. The number of rotatable bonds is 6. The van der Waals surface area contributed by atoms with E-state index in [1.807, 2.05) is 0 Å². The van der Waals surface area contributed by atoms with Crippen molar-refractivity contribution < 1.29 is 26.7 Å². The Morgan fingerprint density at radius 2 is 1.91 bits per heavy atom. The van der Waals surface area contributed by atoms with E-state index >= 15 is 0 Å². The van der Waals surface area contributed by atoms with Crippen molar-refractivity contribution in [1.29, 1.82) is 0 Å². The minimum atomic E-state index is -3.98. The molecule has 3 N–H and O–H groups in total. The summed E-state index contributed by atoms with van der Waals surface area (Å²) in [6, 6.07) is 4.70. The maximum atomic E-state index is 12.8. The molecule has 8 nitrogen and oxygen atoms in total. The Hall–Kier alpha value is -1.20. The van der Waals surface area contributed by atoms with Gasteiger partial charge in [-0.2, -0.15) is 4.31 Å². The molecule has 0 unspecified atom stereocenters. The average Bonchev–Trinajstić information content (AvgIpc) is 2.77. The molecule has 1 aromatic carbocycles. The van der Waals surface area contributed by atoms with Crippen LogP contribution in [0.2, 0.25) is 0 Å². The highest BCUT2D eigenvalue weighted by Gasteiger charge is 2.44. The summed E-state index contributed by atoms with van der Waals surface area (Å²) in [6.07, 6.45) is -1.26. The second-order valence-corrected chi connectivity index (χ2v) is 9.34. The van der Waals surface area contributed by atoms with E-state index in [0.717, 1.165) is 4.31 Å². The molecule has 1 fully saturated rings. The number of ether oxygens (including phenoxy) is 1. The number of sulfonamides is 1. The molecular weight excluding hydrogens is 344 g/mol. The lowest BCUT2D eigenvalue weighted by Gasteiger charge is -2.28. The molecule has 2 rings (SSSR count). The van der Waals surface area contributed by atoms with Gasteiger partial charge in [0.2, 0.25) is 10.0 Å². The van der Waals surface area contributed by atoms with E-state index < -0.39 is 43.5 Å². The summed E-state index contributed by atoms with van der Waals surface area (Å²) in [5, 5.41) is 9.97. The molecule has 1 aliphatic heterocycles. The van der Waals surface area contributed by atoms with E-state index in [0.29, 0.717) is 5.75 Å². The van der Waals surface area contributed by atoms with Gasteiger partial charge < -0.3 is 15.6 Å². The van der Waals surface area contributed by atoms with Gasteiger partial charge >= 0.3 is 0 Å². The fourth-order valence-electron chi connectivity index (χ4n) is 2.56. The number of nitrogens with two attached hydrogens (primary N) is 1. The molecule has 1 aliphatic rings. The molecule has 0 aromatic heterocycles. The summed E-state index contributed by atoms with van der Waals surface area (Å²) >= 11 is 0. The maximum Gasteiger partial charge on any atom is 0.243 e. The minimum Gasteiger partial charge on any atom is -0.497 e. The van der Waals surface area contributed by atoms with Crippen LogP contribution < -0.4 is 10.5 Å². The third kappa shape index (κ3) is 3.83. The van der Waals surface area contributed by atoms with Crippen LogP contribution in [-0.4, -0.2) is 70.1 Å². The molecule has 2 atom stereocenters. The number of aliphatic hydroxyl groups is 1. The normalized spacial score (nSPS) is 24.0. The van der Waals surface area contributed by atoms with Crippen molar-refractivity contribution >= 4 is 19.9 Å². The zero-order chi connectivity index (χ0) is 17.3. The van der Waals surface area contributed by atoms with E-state index in [9.17, 15) is 21.9 Å². The largest absolute Gasteiger partial charge is 0.497 e. The maximum absolute atomic E-state index is 12.8. The number of sulfone groups is 1. The van der Waals surface area contributed by atoms with Crippen LogP contribution in [0.5, 0.6) is 5.75 Å². The Morgan fingerprint density at radius 3 is 2.35 bits per heavy atom. The number of nitrogens with zero attached hydrogens (tertiary/aromatic N) is 1. The smallest absolute Gasteiger partial charge is 0.243 e. The highest BCUT2D eigenvalue weighted by Crippen LogP contribution is 2.26. The Balaban J connectivity index is 2.39. The molecule has 0 aliphatic carbocycles. The van der Waals surface area contributed by atoms with Gasteiger partial charge in [-0.15, -0.1) is 0 Å². The predicted molar refractivity (Wildman–Crippen MR) is 84.4 cm³/mol. The molecule has 23 heavy (non-hydrogen) atoms. The molecule has 0 amide bonds. The quantitative estimate of drug-likeness (QED) is 0.649. The molecule has 1 aromatic rings. The first-order valence-electron chi connectivity index (χ1n) is 6.96. The van der Waals surface area contributed by atoms with Gasteiger partial charge in [0.15, 0.2) is 9.84 Å². The van der Waals surface area contributed by atoms with Gasteiger partial charge in [-0.05, 0) is 24.3 Å². The summed E-state index contributed by atoms with van der Waals surface area (Å²) in [7, 11) is -6.00. The second-order valence-electron chi connectivity index (χ2n) is 5.29. The average molecular weight is 364 g/mol. The monoisotopic (exact) mass is 364 g/mol. The standard InChI is InChI=1S/C13H20N2O6S2/c1-21-10-2-4-11(5-3-10)23(19,20)15(7-6-14)12-8-22(17,18)9-13(12)16/h2-5,12-13,16H,6-9,14H2,1H3/t12-,13-/m1/s1. The number of hydrogen-bond acceptors (Lipinski definition) is 7. The van der Waals surface area contributed by atoms with Crippen LogP contribution in [0.3, 0.4) is 0 Å². The molecule has 10 heteroatoms. The molecule has 1 heterocycles. The fraction of sp³-hybridized carbons (Fsp3) is 0.538. The van der Waals surface area contributed by atoms with Crippen molar-refractivity contribution in [1.82, 2.24) is 4.31 Å². The Labute approximate surface area is 135 Å². The third-order valence-corrected chi connectivity index (χ3v) is 7.32. The highest BCUT2D eigenvalue weighted by molar-refractivity contribution is 7.92. The van der Waals surface area contributed by atoms with Crippen LogP contribution in [0.25, 0.3) is 0 Å². The van der Waals surface area contributed by atoms with Crippen molar-refractivity contribution in [2.45, 2.75) is 17.0 Å². The second kappa shape index (κ2) is 6.73. The number of benzene rings is 1. The van der Waals surface area contributed by atoms with Crippen molar-refractivity contribution in [2.24, 2.45) is 5.73 Å². The summed E-state index contributed by atoms with van der Waals surface area (Å²) < 4.78 is 54.9. The van der Waals surface area contributed by atoms with Crippen molar-refractivity contribution in [3.8, 4) is 5.75 Å².